The molecule has 2 saturated carbocycles. The van der Waals surface area contributed by atoms with Crippen LogP contribution in [-0.4, -0.2) is 5.97 Å². The molecule has 0 heterocycles. The Balaban J connectivity index is 1.35. The van der Waals surface area contributed by atoms with E-state index < -0.39 is 0 Å². The number of rotatable bonds is 8. The van der Waals surface area contributed by atoms with Crippen molar-refractivity contribution < 1.29 is 9.53 Å². The molecule has 0 unspecified atom stereocenters. The van der Waals surface area contributed by atoms with Gasteiger partial charge in [0.05, 0.1) is 0 Å². The highest BCUT2D eigenvalue weighted by atomic mass is 16.5. The zero-order chi connectivity index (χ0) is 19.8. The predicted molar refractivity (Wildman–Crippen MR) is 116 cm³/mol. The van der Waals surface area contributed by atoms with Gasteiger partial charge < -0.3 is 4.74 Å². The molecular formula is C26H40O2. The molecule has 0 bridgehead atoms. The zero-order valence-corrected chi connectivity index (χ0v) is 18.1. The molecule has 0 radical (unpaired) electrons. The van der Waals surface area contributed by atoms with Crippen LogP contribution in [0.4, 0.5) is 0 Å². The van der Waals surface area contributed by atoms with Gasteiger partial charge >= 0.3 is 5.97 Å². The summed E-state index contributed by atoms with van der Waals surface area (Å²) in [5, 5.41) is 0. The first-order chi connectivity index (χ1) is 13.7. The van der Waals surface area contributed by atoms with Gasteiger partial charge in [0.1, 0.15) is 5.75 Å². The first-order valence-corrected chi connectivity index (χ1v) is 12.0. The number of esters is 1. The van der Waals surface area contributed by atoms with Crippen LogP contribution in [0.3, 0.4) is 0 Å². The zero-order valence-electron chi connectivity index (χ0n) is 18.1. The molecule has 3 rings (SSSR count). The molecule has 2 nitrogen and oxygen atoms in total. The molecular weight excluding hydrogens is 344 g/mol. The van der Waals surface area contributed by atoms with Crippen LogP contribution in [0.25, 0.3) is 0 Å². The second-order valence-corrected chi connectivity index (χ2v) is 9.36. The average molecular weight is 385 g/mol. The van der Waals surface area contributed by atoms with Crippen molar-refractivity contribution in [2.75, 3.05) is 0 Å². The number of ether oxygens (including phenoxy) is 1. The van der Waals surface area contributed by atoms with Crippen LogP contribution < -0.4 is 4.74 Å². The van der Waals surface area contributed by atoms with E-state index in [1.165, 1.54) is 76.2 Å². The fourth-order valence-corrected chi connectivity index (χ4v) is 5.60. The summed E-state index contributed by atoms with van der Waals surface area (Å²) >= 11 is 0. The van der Waals surface area contributed by atoms with Crippen molar-refractivity contribution in [3.8, 4) is 5.75 Å². The molecule has 0 N–H and O–H groups in total. The molecule has 0 saturated heterocycles. The van der Waals surface area contributed by atoms with E-state index in [0.717, 1.165) is 30.1 Å². The number of hydrogen-bond donors (Lipinski definition) is 0. The third kappa shape index (κ3) is 6.36. The van der Waals surface area contributed by atoms with Crippen molar-refractivity contribution in [3.63, 3.8) is 0 Å². The monoisotopic (exact) mass is 384 g/mol. The Morgan fingerprint density at radius 1 is 0.821 bits per heavy atom. The molecule has 0 atom stereocenters. The molecule has 0 aliphatic heterocycles. The summed E-state index contributed by atoms with van der Waals surface area (Å²) in [5.74, 6) is 4.51. The second-order valence-electron chi connectivity index (χ2n) is 9.36. The van der Waals surface area contributed by atoms with E-state index in [4.69, 9.17) is 4.74 Å². The van der Waals surface area contributed by atoms with E-state index in [1.807, 2.05) is 19.1 Å². The van der Waals surface area contributed by atoms with Gasteiger partial charge in [0, 0.05) is 6.42 Å². The predicted octanol–water partition coefficient (Wildman–Crippen LogP) is 7.35. The lowest BCUT2D eigenvalue weighted by atomic mass is 9.68. The van der Waals surface area contributed by atoms with Crippen molar-refractivity contribution in [1.82, 2.24) is 0 Å². The normalized spacial score (nSPS) is 28.1. The molecule has 0 aromatic heterocycles. The molecule has 2 fully saturated rings. The summed E-state index contributed by atoms with van der Waals surface area (Å²) in [6.07, 6.45) is 17.5. The van der Waals surface area contributed by atoms with E-state index in [2.05, 4.69) is 19.1 Å². The molecule has 2 aliphatic carbocycles. The molecule has 1 aromatic carbocycles. The lowest BCUT2D eigenvalue weighted by molar-refractivity contribution is -0.134. The van der Waals surface area contributed by atoms with E-state index >= 15 is 0 Å². The molecule has 2 heteroatoms. The minimum Gasteiger partial charge on any atom is -0.427 e. The van der Waals surface area contributed by atoms with Crippen molar-refractivity contribution >= 4 is 5.97 Å². The Morgan fingerprint density at radius 3 is 1.86 bits per heavy atom. The highest BCUT2D eigenvalue weighted by Crippen LogP contribution is 2.42. The minimum absolute atomic E-state index is 0.164. The Bertz CT molecular complexity index is 575. The largest absolute Gasteiger partial charge is 0.427 e. The number of benzene rings is 1. The third-order valence-electron chi connectivity index (χ3n) is 7.43. The summed E-state index contributed by atoms with van der Waals surface area (Å²) in [5.41, 5.74) is 1.37. The topological polar surface area (TPSA) is 26.3 Å². The summed E-state index contributed by atoms with van der Waals surface area (Å²) in [7, 11) is 0. The molecule has 1 aromatic rings. The summed E-state index contributed by atoms with van der Waals surface area (Å²) in [6.45, 7) is 4.16. The van der Waals surface area contributed by atoms with E-state index in [1.54, 1.807) is 0 Å². The Hall–Kier alpha value is -1.31. The van der Waals surface area contributed by atoms with Crippen molar-refractivity contribution in [2.24, 2.45) is 23.7 Å². The van der Waals surface area contributed by atoms with Crippen LogP contribution in [0.5, 0.6) is 5.75 Å². The first kappa shape index (κ1) is 21.4. The molecule has 0 amide bonds. The fraction of sp³-hybridized carbons (Fsp3) is 0.731. The standard InChI is InChI=1S/C26H40O2/c1-3-5-20-8-14-23(15-9-20)24-16-10-21(11-17-24)6-7-22-12-18-25(19-13-22)28-26(27)4-2/h12-13,18-21,23-24H,3-11,14-17H2,1-2H3. The smallest absolute Gasteiger partial charge is 0.310 e. The van der Waals surface area contributed by atoms with Crippen LogP contribution >= 0.6 is 0 Å². The maximum absolute atomic E-state index is 11.4. The molecule has 2 aliphatic rings. The van der Waals surface area contributed by atoms with E-state index in [-0.39, 0.29) is 5.97 Å². The van der Waals surface area contributed by atoms with Gasteiger partial charge in [-0.1, -0.05) is 64.5 Å². The molecule has 0 spiro atoms. The first-order valence-electron chi connectivity index (χ1n) is 12.0. The van der Waals surface area contributed by atoms with Crippen LogP contribution in [0.1, 0.15) is 96.5 Å². The number of aryl methyl sites for hydroxylation is 1. The second kappa shape index (κ2) is 11.0. The van der Waals surface area contributed by atoms with Gasteiger partial charge in [0.25, 0.3) is 0 Å². The summed E-state index contributed by atoms with van der Waals surface area (Å²) in [4.78, 5) is 11.4. The summed E-state index contributed by atoms with van der Waals surface area (Å²) in [6, 6.07) is 8.13. The van der Waals surface area contributed by atoms with Crippen LogP contribution in [0.15, 0.2) is 24.3 Å². The van der Waals surface area contributed by atoms with Gasteiger partial charge in [0.15, 0.2) is 0 Å². The quantitative estimate of drug-likeness (QED) is 0.346. The van der Waals surface area contributed by atoms with Gasteiger partial charge in [-0.05, 0) is 79.9 Å². The minimum atomic E-state index is -0.164. The Labute approximate surface area is 172 Å². The van der Waals surface area contributed by atoms with Crippen LogP contribution in [0, 0.1) is 23.7 Å². The maximum Gasteiger partial charge on any atom is 0.310 e. The fourth-order valence-electron chi connectivity index (χ4n) is 5.60. The highest BCUT2D eigenvalue weighted by Gasteiger charge is 2.30. The molecule has 156 valence electrons. The van der Waals surface area contributed by atoms with Gasteiger partial charge in [-0.25, -0.2) is 0 Å². The average Bonchev–Trinajstić information content (AvgIpc) is 2.74. The summed E-state index contributed by atoms with van der Waals surface area (Å²) < 4.78 is 5.26. The number of carbonyl (C=O) groups excluding carboxylic acids is 1. The van der Waals surface area contributed by atoms with Crippen molar-refractivity contribution in [1.29, 1.82) is 0 Å². The third-order valence-corrected chi connectivity index (χ3v) is 7.43. The van der Waals surface area contributed by atoms with E-state index in [0.29, 0.717) is 12.2 Å². The number of carbonyl (C=O) groups is 1. The highest BCUT2D eigenvalue weighted by molar-refractivity contribution is 5.71. The Kier molecular flexibility index (Phi) is 8.43. The molecule has 28 heavy (non-hydrogen) atoms. The Morgan fingerprint density at radius 2 is 1.36 bits per heavy atom. The van der Waals surface area contributed by atoms with Gasteiger partial charge in [-0.15, -0.1) is 0 Å². The van der Waals surface area contributed by atoms with Crippen molar-refractivity contribution in [2.45, 2.75) is 97.3 Å². The lowest BCUT2D eigenvalue weighted by Gasteiger charge is -2.38. The van der Waals surface area contributed by atoms with Crippen LogP contribution in [-0.2, 0) is 11.2 Å². The van der Waals surface area contributed by atoms with Gasteiger partial charge in [-0.2, -0.15) is 0 Å². The SMILES string of the molecule is CCCC1CCC(C2CCC(CCc3ccc(OC(=O)CC)cc3)CC2)CC1. The van der Waals surface area contributed by atoms with Crippen molar-refractivity contribution in [3.05, 3.63) is 29.8 Å². The lowest BCUT2D eigenvalue weighted by Crippen LogP contribution is -2.26. The van der Waals surface area contributed by atoms with E-state index in [9.17, 15) is 4.79 Å². The maximum atomic E-state index is 11.4. The van der Waals surface area contributed by atoms with Gasteiger partial charge in [-0.3, -0.25) is 4.79 Å². The van der Waals surface area contributed by atoms with Crippen LogP contribution in [0.2, 0.25) is 0 Å². The van der Waals surface area contributed by atoms with Gasteiger partial charge in [0.2, 0.25) is 0 Å². The number of hydrogen-bond acceptors (Lipinski definition) is 2.